The Balaban J connectivity index is 2.81. The van der Waals surface area contributed by atoms with Gasteiger partial charge < -0.3 is 10.5 Å². The van der Waals surface area contributed by atoms with Crippen LogP contribution in [0.2, 0.25) is 0 Å². The highest BCUT2D eigenvalue weighted by atomic mass is 16.5. The van der Waals surface area contributed by atoms with E-state index in [1.165, 1.54) is 0 Å². The molecule has 0 saturated carbocycles. The van der Waals surface area contributed by atoms with Gasteiger partial charge in [-0.05, 0) is 33.3 Å². The predicted octanol–water partition coefficient (Wildman–Crippen LogP) is 1.92. The van der Waals surface area contributed by atoms with E-state index in [1.807, 2.05) is 23.9 Å². The molecule has 1 aromatic heterocycles. The second-order valence-electron chi connectivity index (χ2n) is 5.21. The lowest BCUT2D eigenvalue weighted by Gasteiger charge is -2.24. The van der Waals surface area contributed by atoms with Crippen molar-refractivity contribution in [3.05, 3.63) is 18.0 Å². The van der Waals surface area contributed by atoms with Crippen molar-refractivity contribution >= 4 is 5.97 Å². The van der Waals surface area contributed by atoms with E-state index in [1.54, 1.807) is 6.92 Å². The van der Waals surface area contributed by atoms with Crippen molar-refractivity contribution in [2.45, 2.75) is 46.6 Å². The molecule has 2 N–H and O–H groups in total. The van der Waals surface area contributed by atoms with Crippen molar-refractivity contribution in [3.63, 3.8) is 0 Å². The molecule has 0 radical (unpaired) electrons. The van der Waals surface area contributed by atoms with Crippen molar-refractivity contribution < 1.29 is 9.53 Å². The molecular weight excluding hydrogens is 242 g/mol. The molecule has 108 valence electrons. The van der Waals surface area contributed by atoms with Gasteiger partial charge in [0.05, 0.1) is 17.7 Å². The molecule has 0 fully saturated rings. The summed E-state index contributed by atoms with van der Waals surface area (Å²) in [6, 6.07) is 2.31. The highest BCUT2D eigenvalue weighted by Gasteiger charge is 2.34. The number of nitrogens with two attached hydrogens (primary N) is 1. The maximum absolute atomic E-state index is 12.0. The molecule has 2 unspecified atom stereocenters. The van der Waals surface area contributed by atoms with Gasteiger partial charge in [-0.1, -0.05) is 6.92 Å². The summed E-state index contributed by atoms with van der Waals surface area (Å²) >= 11 is 0. The van der Waals surface area contributed by atoms with Crippen molar-refractivity contribution in [2.24, 2.45) is 11.1 Å². The minimum absolute atomic E-state index is 0.252. The highest BCUT2D eigenvalue weighted by molar-refractivity contribution is 5.77. The van der Waals surface area contributed by atoms with Crippen LogP contribution in [0.3, 0.4) is 0 Å². The van der Waals surface area contributed by atoms with E-state index in [0.29, 0.717) is 19.1 Å². The topological polar surface area (TPSA) is 70.1 Å². The van der Waals surface area contributed by atoms with Crippen molar-refractivity contribution in [3.8, 4) is 0 Å². The van der Waals surface area contributed by atoms with Gasteiger partial charge in [-0.2, -0.15) is 5.10 Å². The predicted molar refractivity (Wildman–Crippen MR) is 74.7 cm³/mol. The monoisotopic (exact) mass is 267 g/mol. The lowest BCUT2D eigenvalue weighted by molar-refractivity contribution is -0.153. The van der Waals surface area contributed by atoms with Crippen molar-refractivity contribution in [1.82, 2.24) is 9.78 Å². The molecule has 0 aliphatic heterocycles. The van der Waals surface area contributed by atoms with Crippen LogP contribution in [0, 0.1) is 5.41 Å². The van der Waals surface area contributed by atoms with Crippen LogP contribution in [0.4, 0.5) is 0 Å². The largest absolute Gasteiger partial charge is 0.466 e. The van der Waals surface area contributed by atoms with Crippen molar-refractivity contribution in [2.75, 3.05) is 13.2 Å². The van der Waals surface area contributed by atoms with Crippen LogP contribution in [0.25, 0.3) is 0 Å². The second-order valence-corrected chi connectivity index (χ2v) is 5.21. The lowest BCUT2D eigenvalue weighted by Crippen LogP contribution is -2.39. The molecule has 1 rings (SSSR count). The Bertz CT molecular complexity index is 417. The zero-order valence-corrected chi connectivity index (χ0v) is 12.3. The van der Waals surface area contributed by atoms with E-state index < -0.39 is 5.41 Å². The number of carbonyl (C=O) groups excluding carboxylic acids is 1. The van der Waals surface area contributed by atoms with E-state index in [4.69, 9.17) is 10.5 Å². The maximum atomic E-state index is 12.0. The molecule has 0 saturated heterocycles. The minimum Gasteiger partial charge on any atom is -0.466 e. The molecule has 5 nitrogen and oxygen atoms in total. The molecule has 19 heavy (non-hydrogen) atoms. The summed E-state index contributed by atoms with van der Waals surface area (Å²) in [5.41, 5.74) is 5.92. The number of rotatable bonds is 7. The fraction of sp³-hybridized carbons (Fsp3) is 0.714. The number of aromatic nitrogens is 2. The smallest absolute Gasteiger partial charge is 0.313 e. The van der Waals surface area contributed by atoms with E-state index in [2.05, 4.69) is 18.9 Å². The molecule has 1 heterocycles. The van der Waals surface area contributed by atoms with Gasteiger partial charge >= 0.3 is 5.97 Å². The van der Waals surface area contributed by atoms with Crippen molar-refractivity contribution in [1.29, 1.82) is 0 Å². The highest BCUT2D eigenvalue weighted by Crippen LogP contribution is 2.23. The Morgan fingerprint density at radius 2 is 2.26 bits per heavy atom. The van der Waals surface area contributed by atoms with Crippen LogP contribution < -0.4 is 5.73 Å². The van der Waals surface area contributed by atoms with Crippen LogP contribution in [0.5, 0.6) is 0 Å². The molecule has 1 aromatic rings. The molecule has 0 bridgehead atoms. The van der Waals surface area contributed by atoms with Gasteiger partial charge in [0, 0.05) is 25.2 Å². The first-order chi connectivity index (χ1) is 8.96. The number of hydrogen-bond acceptors (Lipinski definition) is 4. The molecule has 0 aliphatic carbocycles. The molecule has 2 atom stereocenters. The summed E-state index contributed by atoms with van der Waals surface area (Å²) in [7, 11) is 0. The third kappa shape index (κ3) is 3.80. The van der Waals surface area contributed by atoms with E-state index in [0.717, 1.165) is 12.1 Å². The molecule has 5 heteroatoms. The molecule has 0 aliphatic rings. The summed E-state index contributed by atoms with van der Waals surface area (Å²) < 4.78 is 7.02. The van der Waals surface area contributed by atoms with Gasteiger partial charge in [0.1, 0.15) is 0 Å². The van der Waals surface area contributed by atoms with Crippen LogP contribution in [-0.2, 0) is 16.0 Å². The number of nitrogens with zero attached hydrogens (tertiary/aromatic N) is 2. The molecule has 0 aromatic carbocycles. The van der Waals surface area contributed by atoms with Gasteiger partial charge in [-0.3, -0.25) is 9.48 Å². The maximum Gasteiger partial charge on any atom is 0.313 e. The van der Waals surface area contributed by atoms with E-state index in [-0.39, 0.29) is 12.5 Å². The van der Waals surface area contributed by atoms with Crippen LogP contribution in [0.15, 0.2) is 12.3 Å². The number of esters is 1. The molecule has 0 spiro atoms. The lowest BCUT2D eigenvalue weighted by atomic mass is 9.85. The SMILES string of the molecule is CCOC(=O)C(C)(CN)Cc1ccn(C(C)CC)n1. The van der Waals surface area contributed by atoms with Gasteiger partial charge in [0.2, 0.25) is 0 Å². The zero-order chi connectivity index (χ0) is 14.5. The summed E-state index contributed by atoms with van der Waals surface area (Å²) in [5.74, 6) is -0.254. The van der Waals surface area contributed by atoms with Gasteiger partial charge in [-0.25, -0.2) is 0 Å². The minimum atomic E-state index is -0.704. The standard InChI is InChI=1S/C14H25N3O2/c1-5-11(3)17-8-7-12(16-17)9-14(4,10-15)13(18)19-6-2/h7-8,11H,5-6,9-10,15H2,1-4H3. The average Bonchev–Trinajstić information content (AvgIpc) is 2.86. The summed E-state index contributed by atoms with van der Waals surface area (Å²) in [6.45, 7) is 8.48. The van der Waals surface area contributed by atoms with Crippen LogP contribution >= 0.6 is 0 Å². The van der Waals surface area contributed by atoms with Crippen LogP contribution in [0.1, 0.15) is 45.9 Å². The quantitative estimate of drug-likeness (QED) is 0.766. The first-order valence-corrected chi connectivity index (χ1v) is 6.88. The average molecular weight is 267 g/mol. The second kappa shape index (κ2) is 6.70. The fourth-order valence-corrected chi connectivity index (χ4v) is 1.84. The Kier molecular flexibility index (Phi) is 5.54. The van der Waals surface area contributed by atoms with E-state index in [9.17, 15) is 4.79 Å². The van der Waals surface area contributed by atoms with E-state index >= 15 is 0 Å². The number of carbonyl (C=O) groups is 1. The normalized spacial score (nSPS) is 15.8. The Hall–Kier alpha value is -1.36. The Labute approximate surface area is 115 Å². The molecule has 0 amide bonds. The van der Waals surface area contributed by atoms with Gasteiger partial charge in [0.25, 0.3) is 0 Å². The Morgan fingerprint density at radius 1 is 1.58 bits per heavy atom. The van der Waals surface area contributed by atoms with Crippen LogP contribution in [-0.4, -0.2) is 28.9 Å². The van der Waals surface area contributed by atoms with Gasteiger partial charge in [-0.15, -0.1) is 0 Å². The number of hydrogen-bond donors (Lipinski definition) is 1. The molecular formula is C14H25N3O2. The number of ether oxygens (including phenoxy) is 1. The fourth-order valence-electron chi connectivity index (χ4n) is 1.84. The zero-order valence-electron chi connectivity index (χ0n) is 12.3. The van der Waals surface area contributed by atoms with Gasteiger partial charge in [0.15, 0.2) is 0 Å². The third-order valence-electron chi connectivity index (χ3n) is 3.50. The first kappa shape index (κ1) is 15.7. The third-order valence-corrected chi connectivity index (χ3v) is 3.50. The Morgan fingerprint density at radius 3 is 2.79 bits per heavy atom. The summed E-state index contributed by atoms with van der Waals surface area (Å²) in [4.78, 5) is 12.0. The summed E-state index contributed by atoms with van der Waals surface area (Å²) in [6.07, 6.45) is 3.48. The summed E-state index contributed by atoms with van der Waals surface area (Å²) in [5, 5.41) is 4.51. The first-order valence-electron chi connectivity index (χ1n) is 6.88.